The van der Waals surface area contributed by atoms with Crippen molar-refractivity contribution in [1.82, 2.24) is 5.01 Å². The molecule has 0 saturated heterocycles. The first-order chi connectivity index (χ1) is 18.9. The summed E-state index contributed by atoms with van der Waals surface area (Å²) >= 11 is 1.27. The average Bonchev–Trinajstić information content (AvgIpc) is 3.38. The van der Waals surface area contributed by atoms with Crippen molar-refractivity contribution in [3.63, 3.8) is 0 Å². The number of carbonyl (C=O) groups is 1. The number of methoxy groups -OCH3 is 2. The topological polar surface area (TPSA) is 106 Å². The molecule has 0 spiro atoms. The van der Waals surface area contributed by atoms with Crippen molar-refractivity contribution in [2.45, 2.75) is 6.92 Å². The first kappa shape index (κ1) is 26.1. The van der Waals surface area contributed by atoms with Crippen LogP contribution in [0.5, 0.6) is 23.0 Å². The summed E-state index contributed by atoms with van der Waals surface area (Å²) in [5.74, 6) is 1.97. The fourth-order valence-corrected chi connectivity index (χ4v) is 4.74. The van der Waals surface area contributed by atoms with Crippen LogP contribution in [-0.2, 0) is 4.79 Å². The van der Waals surface area contributed by atoms with E-state index in [0.29, 0.717) is 46.2 Å². The number of thioether (sulfide) groups is 1. The van der Waals surface area contributed by atoms with E-state index in [1.54, 1.807) is 38.5 Å². The summed E-state index contributed by atoms with van der Waals surface area (Å²) in [6.45, 7) is 2.65. The van der Waals surface area contributed by atoms with E-state index in [9.17, 15) is 4.79 Å². The lowest BCUT2D eigenvalue weighted by Gasteiger charge is -2.20. The smallest absolute Gasteiger partial charge is 0.283 e. The molecular formula is C29H26N4O5S. The van der Waals surface area contributed by atoms with Crippen molar-refractivity contribution in [1.29, 1.82) is 5.41 Å². The largest absolute Gasteiger partial charge is 0.497 e. The van der Waals surface area contributed by atoms with E-state index in [1.165, 1.54) is 16.8 Å². The van der Waals surface area contributed by atoms with Crippen molar-refractivity contribution in [2.24, 2.45) is 10.1 Å². The van der Waals surface area contributed by atoms with Gasteiger partial charge in [0.1, 0.15) is 29.8 Å². The van der Waals surface area contributed by atoms with Gasteiger partial charge in [-0.05, 0) is 66.7 Å². The number of hydrogen-bond acceptors (Lipinski definition) is 8. The first-order valence-corrected chi connectivity index (χ1v) is 12.9. The molecular weight excluding hydrogens is 516 g/mol. The number of carbonyl (C=O) groups excluding carboxylic acids is 1. The third kappa shape index (κ3) is 5.80. The van der Waals surface area contributed by atoms with Gasteiger partial charge in [-0.2, -0.15) is 15.1 Å². The Balaban J connectivity index is 1.26. The average molecular weight is 543 g/mol. The van der Waals surface area contributed by atoms with Crippen LogP contribution in [0.2, 0.25) is 0 Å². The van der Waals surface area contributed by atoms with Gasteiger partial charge in [-0.1, -0.05) is 35.9 Å². The van der Waals surface area contributed by atoms with Crippen LogP contribution in [0.1, 0.15) is 16.7 Å². The summed E-state index contributed by atoms with van der Waals surface area (Å²) in [5.41, 5.74) is 2.84. The molecule has 198 valence electrons. The third-order valence-electron chi connectivity index (χ3n) is 5.92. The van der Waals surface area contributed by atoms with Crippen molar-refractivity contribution in [3.05, 3.63) is 89.0 Å². The number of ether oxygens (including phenoxy) is 4. The van der Waals surface area contributed by atoms with Gasteiger partial charge in [0.05, 0.1) is 19.8 Å². The minimum atomic E-state index is -0.492. The number of benzene rings is 3. The molecule has 3 aromatic rings. The van der Waals surface area contributed by atoms with Gasteiger partial charge in [-0.25, -0.2) is 0 Å². The number of nitrogens with one attached hydrogen (secondary N) is 1. The molecule has 0 saturated carbocycles. The number of aliphatic imine (C=N–C) groups is 1. The van der Waals surface area contributed by atoms with Gasteiger partial charge in [0.2, 0.25) is 5.17 Å². The number of nitrogens with zero attached hydrogens (tertiary/aromatic N) is 3. The highest BCUT2D eigenvalue weighted by Gasteiger charge is 2.36. The number of hydrogen-bond donors (Lipinski definition) is 1. The van der Waals surface area contributed by atoms with Crippen molar-refractivity contribution in [2.75, 3.05) is 27.4 Å². The van der Waals surface area contributed by atoms with Crippen LogP contribution in [0.25, 0.3) is 6.08 Å². The molecule has 0 atom stereocenters. The van der Waals surface area contributed by atoms with Gasteiger partial charge < -0.3 is 18.9 Å². The van der Waals surface area contributed by atoms with E-state index in [4.69, 9.17) is 24.4 Å². The minimum Gasteiger partial charge on any atom is -0.497 e. The maximum atomic E-state index is 12.8. The lowest BCUT2D eigenvalue weighted by atomic mass is 10.1. The van der Waals surface area contributed by atoms with Crippen LogP contribution in [0.4, 0.5) is 0 Å². The van der Waals surface area contributed by atoms with Gasteiger partial charge >= 0.3 is 0 Å². The van der Waals surface area contributed by atoms with Crippen LogP contribution < -0.4 is 18.9 Å². The second-order valence-corrected chi connectivity index (χ2v) is 9.53. The predicted octanol–water partition coefficient (Wildman–Crippen LogP) is 5.14. The van der Waals surface area contributed by atoms with E-state index >= 15 is 0 Å². The number of fused-ring (bicyclic) bond motifs is 1. The monoisotopic (exact) mass is 542 g/mol. The Morgan fingerprint density at radius 1 is 0.897 bits per heavy atom. The standard InChI is InChI=1S/C29H26N4O5S/c1-18-4-7-20(8-5-18)28-32-33-26(30)23(27(34)31-29(33)39-28)16-19-6-13-24(25(17-19)36-3)38-15-14-37-22-11-9-21(35-2)10-12-22/h4-13,16-17,30H,14-15H2,1-3H3/b23-16-,30-26?. The summed E-state index contributed by atoms with van der Waals surface area (Å²) in [7, 11) is 3.16. The summed E-state index contributed by atoms with van der Waals surface area (Å²) < 4.78 is 22.2. The molecule has 0 aromatic heterocycles. The fraction of sp³-hybridized carbons (Fsp3) is 0.172. The number of rotatable bonds is 9. The zero-order valence-corrected chi connectivity index (χ0v) is 22.5. The van der Waals surface area contributed by atoms with Gasteiger partial charge in [0.15, 0.2) is 17.3 Å². The quantitative estimate of drug-likeness (QED) is 0.295. The Morgan fingerprint density at radius 2 is 1.62 bits per heavy atom. The Labute approximate surface area is 230 Å². The molecule has 0 radical (unpaired) electrons. The molecule has 3 aromatic carbocycles. The molecule has 0 unspecified atom stereocenters. The number of amidine groups is 2. The summed E-state index contributed by atoms with van der Waals surface area (Å²) in [6, 6.07) is 20.5. The summed E-state index contributed by atoms with van der Waals surface area (Å²) in [4.78, 5) is 17.0. The van der Waals surface area contributed by atoms with E-state index in [1.807, 2.05) is 55.5 Å². The number of aryl methyl sites for hydroxylation is 1. The van der Waals surface area contributed by atoms with Crippen LogP contribution in [-0.4, -0.2) is 54.4 Å². The van der Waals surface area contributed by atoms with E-state index in [-0.39, 0.29) is 11.4 Å². The van der Waals surface area contributed by atoms with Gasteiger partial charge in [0, 0.05) is 5.56 Å². The highest BCUT2D eigenvalue weighted by molar-refractivity contribution is 8.27. The molecule has 0 aliphatic carbocycles. The maximum Gasteiger partial charge on any atom is 0.283 e. The lowest BCUT2D eigenvalue weighted by Crippen LogP contribution is -2.35. The Hall–Kier alpha value is -4.57. The highest BCUT2D eigenvalue weighted by Crippen LogP contribution is 2.33. The molecule has 10 heteroatoms. The second-order valence-electron chi connectivity index (χ2n) is 8.57. The zero-order chi connectivity index (χ0) is 27.4. The van der Waals surface area contributed by atoms with Crippen molar-refractivity contribution < 1.29 is 23.7 Å². The van der Waals surface area contributed by atoms with Crippen LogP contribution in [0.3, 0.4) is 0 Å². The van der Waals surface area contributed by atoms with Gasteiger partial charge in [-0.15, -0.1) is 0 Å². The fourth-order valence-electron chi connectivity index (χ4n) is 3.85. The molecule has 0 bridgehead atoms. The zero-order valence-electron chi connectivity index (χ0n) is 21.6. The molecule has 0 fully saturated rings. The normalized spacial score (nSPS) is 15.6. The Morgan fingerprint density at radius 3 is 2.33 bits per heavy atom. The highest BCUT2D eigenvalue weighted by atomic mass is 32.2. The van der Waals surface area contributed by atoms with Crippen LogP contribution in [0.15, 0.2) is 82.4 Å². The molecule has 2 aliphatic rings. The SMILES string of the molecule is COc1ccc(OCCOc2ccc(/C=C3/C(=N)N4N=C(c5ccc(C)cc5)SC4=NC3=O)cc2OC)cc1. The second kappa shape index (κ2) is 11.4. The van der Waals surface area contributed by atoms with Crippen molar-refractivity contribution in [3.8, 4) is 23.0 Å². The van der Waals surface area contributed by atoms with Crippen molar-refractivity contribution >= 4 is 39.8 Å². The minimum absolute atomic E-state index is 0.0328. The maximum absolute atomic E-state index is 12.8. The molecule has 39 heavy (non-hydrogen) atoms. The van der Waals surface area contributed by atoms with E-state index in [0.717, 1.165) is 16.9 Å². The number of amides is 1. The molecule has 2 aliphatic heterocycles. The molecule has 1 N–H and O–H groups in total. The molecule has 9 nitrogen and oxygen atoms in total. The van der Waals surface area contributed by atoms with Gasteiger partial charge in [-0.3, -0.25) is 10.2 Å². The van der Waals surface area contributed by atoms with E-state index in [2.05, 4.69) is 10.1 Å². The molecule has 1 amide bonds. The number of hydrazone groups is 1. The first-order valence-electron chi connectivity index (χ1n) is 12.1. The van der Waals surface area contributed by atoms with Gasteiger partial charge in [0.25, 0.3) is 5.91 Å². The lowest BCUT2D eigenvalue weighted by molar-refractivity contribution is -0.114. The summed E-state index contributed by atoms with van der Waals surface area (Å²) in [5, 5.41) is 15.6. The Kier molecular flexibility index (Phi) is 7.64. The molecule has 5 rings (SSSR count). The summed E-state index contributed by atoms with van der Waals surface area (Å²) in [6.07, 6.45) is 1.61. The molecule has 2 heterocycles. The van der Waals surface area contributed by atoms with Crippen LogP contribution >= 0.6 is 11.8 Å². The van der Waals surface area contributed by atoms with E-state index < -0.39 is 5.91 Å². The third-order valence-corrected chi connectivity index (χ3v) is 6.88. The van der Waals surface area contributed by atoms with Crippen LogP contribution in [0, 0.1) is 12.3 Å². The Bertz CT molecular complexity index is 1500. The predicted molar refractivity (Wildman–Crippen MR) is 152 cm³/mol.